The molecule has 0 aliphatic rings. The molecule has 0 amide bonds. The Morgan fingerprint density at radius 2 is 1.74 bits per heavy atom. The maximum absolute atomic E-state index is 4.68. The minimum atomic E-state index is 0.671. The zero-order valence-electron chi connectivity index (χ0n) is 12.8. The number of hydrogen-bond donors (Lipinski definition) is 0. The molecule has 1 aromatic heterocycles. The number of rotatable bonds is 5. The molecule has 3 rings (SSSR count). The molecule has 0 bridgehead atoms. The van der Waals surface area contributed by atoms with E-state index in [1.54, 1.807) is 15.0 Å². The second-order valence-corrected chi connectivity index (χ2v) is 5.72. The van der Waals surface area contributed by atoms with E-state index < -0.39 is 0 Å². The van der Waals surface area contributed by atoms with Gasteiger partial charge in [0.25, 0.3) is 0 Å². The van der Waals surface area contributed by atoms with Crippen LogP contribution in [-0.4, -0.2) is 15.0 Å². The van der Waals surface area contributed by atoms with Gasteiger partial charge >= 0.3 is 5.82 Å². The zero-order valence-corrected chi connectivity index (χ0v) is 13.6. The molecule has 3 aromatic rings. The molecule has 0 aliphatic carbocycles. The number of hydrogen-bond acceptors (Lipinski definition) is 3. The van der Waals surface area contributed by atoms with Crippen molar-refractivity contribution in [3.05, 3.63) is 84.6 Å². The van der Waals surface area contributed by atoms with Gasteiger partial charge in [0.2, 0.25) is 0 Å². The Balaban J connectivity index is 2.17. The molecule has 5 heteroatoms. The van der Waals surface area contributed by atoms with Crippen molar-refractivity contribution in [3.8, 4) is 11.4 Å². The van der Waals surface area contributed by atoms with Crippen LogP contribution in [0.25, 0.3) is 16.3 Å². The molecular weight excluding hydrogens is 304 g/mol. The first-order valence-electron chi connectivity index (χ1n) is 7.28. The van der Waals surface area contributed by atoms with Gasteiger partial charge in [-0.3, -0.25) is 0 Å². The van der Waals surface area contributed by atoms with Crippen molar-refractivity contribution in [3.63, 3.8) is 0 Å². The van der Waals surface area contributed by atoms with Crippen molar-refractivity contribution < 1.29 is 4.80 Å². The van der Waals surface area contributed by atoms with Gasteiger partial charge in [-0.1, -0.05) is 60.8 Å². The topological polar surface area (TPSA) is 34.6 Å². The summed E-state index contributed by atoms with van der Waals surface area (Å²) in [6.45, 7) is 5.75. The Bertz CT molecular complexity index is 766. The van der Waals surface area contributed by atoms with Gasteiger partial charge in [-0.15, -0.1) is 0 Å². The van der Waals surface area contributed by atoms with Gasteiger partial charge < -0.3 is 0 Å². The van der Waals surface area contributed by atoms with E-state index >= 15 is 0 Å². The summed E-state index contributed by atoms with van der Waals surface area (Å²) in [6.07, 6.45) is 1.99. The van der Waals surface area contributed by atoms with Crippen molar-refractivity contribution in [2.24, 2.45) is 0 Å². The fourth-order valence-corrected chi connectivity index (χ4v) is 2.68. The number of thioether (sulfide) groups is 1. The molecule has 0 atom stereocenters. The first kappa shape index (κ1) is 15.2. The summed E-state index contributed by atoms with van der Waals surface area (Å²) in [6, 6.07) is 20.0. The molecule has 2 aromatic carbocycles. The highest BCUT2D eigenvalue weighted by Crippen LogP contribution is 2.24. The third-order valence-electron chi connectivity index (χ3n) is 3.23. The van der Waals surface area contributed by atoms with Crippen molar-refractivity contribution in [1.82, 2.24) is 15.0 Å². The van der Waals surface area contributed by atoms with Gasteiger partial charge in [-0.25, -0.2) is 0 Å². The van der Waals surface area contributed by atoms with E-state index in [1.807, 2.05) is 73.7 Å². The fraction of sp³-hybridized carbons (Fsp3) is 0.0556. The smallest absolute Gasteiger partial charge is 0.0924 e. The van der Waals surface area contributed by atoms with E-state index in [9.17, 15) is 0 Å². The maximum Gasteiger partial charge on any atom is 0.346 e. The molecule has 0 N–H and O–H groups in total. The van der Waals surface area contributed by atoms with Crippen LogP contribution in [-0.2, 0) is 0 Å². The highest BCUT2D eigenvalue weighted by molar-refractivity contribution is 8.10. The Kier molecular flexibility index (Phi) is 4.68. The summed E-state index contributed by atoms with van der Waals surface area (Å²) < 4.78 is 0. The third kappa shape index (κ3) is 3.24. The maximum atomic E-state index is 4.68. The lowest BCUT2D eigenvalue weighted by Gasteiger charge is -1.98. The van der Waals surface area contributed by atoms with Crippen molar-refractivity contribution >= 4 is 16.7 Å². The van der Waals surface area contributed by atoms with Crippen LogP contribution in [0.4, 0.5) is 0 Å². The van der Waals surface area contributed by atoms with E-state index in [0.29, 0.717) is 5.82 Å². The van der Waals surface area contributed by atoms with Crippen LogP contribution in [0.15, 0.2) is 78.7 Å². The highest BCUT2D eigenvalue weighted by Gasteiger charge is 2.24. The van der Waals surface area contributed by atoms with E-state index in [2.05, 4.69) is 16.8 Å². The molecule has 0 saturated heterocycles. The van der Waals surface area contributed by atoms with Gasteiger partial charge in [0.1, 0.15) is 5.69 Å². The molecule has 0 unspecified atom stereocenters. The van der Waals surface area contributed by atoms with Gasteiger partial charge in [-0.2, -0.15) is 0 Å². The predicted molar refractivity (Wildman–Crippen MR) is 94.3 cm³/mol. The van der Waals surface area contributed by atoms with Crippen LogP contribution >= 0.6 is 11.8 Å². The van der Waals surface area contributed by atoms with Crippen LogP contribution in [0.2, 0.25) is 0 Å². The third-order valence-corrected chi connectivity index (χ3v) is 4.06. The Morgan fingerprint density at radius 3 is 2.35 bits per heavy atom. The van der Waals surface area contributed by atoms with Gasteiger partial charge in [-0.05, 0) is 46.5 Å². The van der Waals surface area contributed by atoms with E-state index in [1.165, 1.54) is 11.8 Å². The first-order chi connectivity index (χ1) is 11.3. The molecule has 23 heavy (non-hydrogen) atoms. The number of allylic oxidation sites excluding steroid dienone is 1. The summed E-state index contributed by atoms with van der Waals surface area (Å²) >= 11 is 1.52. The first-order valence-corrected chi connectivity index (χ1v) is 8.16. The van der Waals surface area contributed by atoms with Crippen LogP contribution in [0.3, 0.4) is 0 Å². The van der Waals surface area contributed by atoms with E-state index in [0.717, 1.165) is 16.3 Å². The summed E-state index contributed by atoms with van der Waals surface area (Å²) in [7, 11) is 0. The summed E-state index contributed by atoms with van der Waals surface area (Å²) in [5.41, 5.74) is 1.91. The van der Waals surface area contributed by atoms with Gasteiger partial charge in [0.15, 0.2) is 5.69 Å². The van der Waals surface area contributed by atoms with Crippen molar-refractivity contribution in [2.75, 3.05) is 0 Å². The molecule has 1 heterocycles. The quantitative estimate of drug-likeness (QED) is 0.671. The Labute approximate surface area is 139 Å². The second kappa shape index (κ2) is 7.07. The van der Waals surface area contributed by atoms with Gasteiger partial charge in [0.05, 0.1) is 10.0 Å². The minimum absolute atomic E-state index is 0.671. The number of aromatic nitrogens is 4. The molecule has 0 spiro atoms. The lowest BCUT2D eigenvalue weighted by atomic mass is 10.3. The molecule has 0 radical (unpaired) electrons. The number of nitrogens with zero attached hydrogens (tertiary/aromatic N) is 4. The normalized spacial score (nSPS) is 11.4. The average Bonchev–Trinajstić information content (AvgIpc) is 3.06. The standard InChI is InChI=1S/C18H17N4S/c1-3-17(23-4-2)18-19-21(15-11-7-5-8-12-15)22(20-18)16-13-9-6-10-14-16/h3-14H,2H2,1H3/q+1/b17-3-. The van der Waals surface area contributed by atoms with Crippen LogP contribution in [0.1, 0.15) is 12.7 Å². The predicted octanol–water partition coefficient (Wildman–Crippen LogP) is 3.78. The number of benzene rings is 2. The zero-order chi connectivity index (χ0) is 16.1. The van der Waals surface area contributed by atoms with E-state index in [4.69, 9.17) is 0 Å². The Morgan fingerprint density at radius 1 is 1.09 bits per heavy atom. The molecule has 0 aliphatic heterocycles. The van der Waals surface area contributed by atoms with Crippen LogP contribution in [0, 0.1) is 0 Å². The monoisotopic (exact) mass is 321 g/mol. The molecular formula is C18H17N4S+. The summed E-state index contributed by atoms with van der Waals surface area (Å²) in [5.74, 6) is 0.671. The van der Waals surface area contributed by atoms with E-state index in [-0.39, 0.29) is 0 Å². The van der Waals surface area contributed by atoms with Crippen molar-refractivity contribution in [2.45, 2.75) is 6.92 Å². The largest absolute Gasteiger partial charge is 0.346 e. The lowest BCUT2D eigenvalue weighted by molar-refractivity contribution is -0.735. The van der Waals surface area contributed by atoms with Crippen LogP contribution in [0.5, 0.6) is 0 Å². The Hall–Kier alpha value is -2.66. The van der Waals surface area contributed by atoms with Crippen LogP contribution < -0.4 is 4.80 Å². The van der Waals surface area contributed by atoms with Crippen molar-refractivity contribution in [1.29, 1.82) is 0 Å². The summed E-state index contributed by atoms with van der Waals surface area (Å²) in [4.78, 5) is 4.58. The average molecular weight is 321 g/mol. The molecule has 0 fully saturated rings. The fourth-order valence-electron chi connectivity index (χ4n) is 2.18. The number of tetrazole rings is 1. The summed E-state index contributed by atoms with van der Waals surface area (Å²) in [5, 5.41) is 11.1. The minimum Gasteiger partial charge on any atom is -0.0924 e. The number of para-hydroxylation sites is 2. The molecule has 4 nitrogen and oxygen atoms in total. The molecule has 0 saturated carbocycles. The lowest BCUT2D eigenvalue weighted by Crippen LogP contribution is -2.43. The SMILES string of the molecule is C=CS/C(=C\C)c1nn(-c2ccccc2)[n+](-c2ccccc2)n1. The molecule has 114 valence electrons. The second-order valence-electron chi connectivity index (χ2n) is 4.71. The highest BCUT2D eigenvalue weighted by atomic mass is 32.2. The van der Waals surface area contributed by atoms with Gasteiger partial charge in [0, 0.05) is 4.80 Å².